The van der Waals surface area contributed by atoms with E-state index in [1.165, 1.54) is 33.6 Å². The zero-order valence-electron chi connectivity index (χ0n) is 16.5. The summed E-state index contributed by atoms with van der Waals surface area (Å²) >= 11 is 8.05. The van der Waals surface area contributed by atoms with Crippen molar-refractivity contribution in [2.45, 2.75) is 62.2 Å². The van der Waals surface area contributed by atoms with Crippen LogP contribution >= 0.6 is 22.9 Å². The van der Waals surface area contributed by atoms with Gasteiger partial charge in [0, 0.05) is 21.6 Å². The highest BCUT2D eigenvalue weighted by Gasteiger charge is 2.28. The third kappa shape index (κ3) is 4.28. The molecule has 0 bridgehead atoms. The van der Waals surface area contributed by atoms with Crippen LogP contribution in [0.4, 0.5) is 10.5 Å². The molecule has 6 nitrogen and oxygen atoms in total. The van der Waals surface area contributed by atoms with E-state index in [4.69, 9.17) is 16.7 Å². The monoisotopic (exact) mass is 455 g/mol. The first-order chi connectivity index (χ1) is 13.3. The lowest BCUT2D eigenvalue weighted by Crippen LogP contribution is -2.15. The molecule has 1 unspecified atom stereocenters. The van der Waals surface area contributed by atoms with Gasteiger partial charge < -0.3 is 15.9 Å². The first-order valence-electron chi connectivity index (χ1n) is 9.43. The number of hydrogen-bond acceptors (Lipinski definition) is 3. The summed E-state index contributed by atoms with van der Waals surface area (Å²) in [5.74, 6) is 0. The highest BCUT2D eigenvalue weighted by Crippen LogP contribution is 2.44. The van der Waals surface area contributed by atoms with E-state index in [2.05, 4.69) is 9.68 Å². The van der Waals surface area contributed by atoms with Gasteiger partial charge in [-0.15, -0.1) is 11.3 Å². The summed E-state index contributed by atoms with van der Waals surface area (Å²) in [5.41, 5.74) is 5.48. The number of hydrogen-bond donors (Lipinski definition) is 3. The van der Waals surface area contributed by atoms with E-state index in [1.807, 2.05) is 11.4 Å². The second-order valence-electron chi connectivity index (χ2n) is 7.86. The number of carbonyl (C=O) groups is 1. The molecule has 0 aliphatic heterocycles. The highest BCUT2D eigenvalue weighted by molar-refractivity contribution is 7.87. The summed E-state index contributed by atoms with van der Waals surface area (Å²) in [6.07, 6.45) is 5.94. The molecule has 0 spiro atoms. The van der Waals surface area contributed by atoms with Crippen molar-refractivity contribution < 1.29 is 15.4 Å². The zero-order valence-corrected chi connectivity index (χ0v) is 18.9. The summed E-state index contributed by atoms with van der Waals surface area (Å²) in [6.45, 7) is 3.44. The third-order valence-corrected chi connectivity index (χ3v) is 8.34. The number of nitrogens with zero attached hydrogens (tertiary/aromatic N) is 1. The number of carbonyl (C=O) groups excluding carboxylic acids is 1. The van der Waals surface area contributed by atoms with Crippen molar-refractivity contribution in [2.24, 2.45) is 9.50 Å². The van der Waals surface area contributed by atoms with Crippen molar-refractivity contribution in [3.8, 4) is 0 Å². The lowest BCUT2D eigenvalue weighted by atomic mass is 9.98. The summed E-state index contributed by atoms with van der Waals surface area (Å²) in [6, 6.07) is 1.40. The largest absolute Gasteiger partial charge is 0.412 e. The number of nitrogens with two attached hydrogens (primary N) is 1. The molecule has 0 saturated carbocycles. The summed E-state index contributed by atoms with van der Waals surface area (Å²) in [5, 5.41) is 22.1. The number of aliphatic hydroxyl groups is 1. The average Bonchev–Trinajstić information content (AvgIpc) is 3.38. The quantitative estimate of drug-likeness (QED) is 0.647. The van der Waals surface area contributed by atoms with E-state index in [-0.39, 0.29) is 5.48 Å². The van der Waals surface area contributed by atoms with Gasteiger partial charge in [0.1, 0.15) is 0 Å². The normalized spacial score (nSPS) is 16.3. The minimum absolute atomic E-state index is 0. The second kappa shape index (κ2) is 8.45. The fourth-order valence-electron chi connectivity index (χ4n) is 4.05. The van der Waals surface area contributed by atoms with Crippen molar-refractivity contribution >= 4 is 45.5 Å². The molecule has 0 saturated heterocycles. The van der Waals surface area contributed by atoms with Gasteiger partial charge in [0.2, 0.25) is 0 Å². The van der Waals surface area contributed by atoms with E-state index in [0.29, 0.717) is 0 Å². The van der Waals surface area contributed by atoms with Crippen LogP contribution in [0.25, 0.3) is 0 Å². The predicted octanol–water partition coefficient (Wildman–Crippen LogP) is 4.05. The highest BCUT2D eigenvalue weighted by atomic mass is 35.5. The van der Waals surface area contributed by atoms with Crippen LogP contribution in [-0.4, -0.2) is 16.6 Å². The van der Waals surface area contributed by atoms with Crippen LogP contribution in [0.1, 0.15) is 54.5 Å². The molecule has 9 heteroatoms. The summed E-state index contributed by atoms with van der Waals surface area (Å²) in [7, 11) is -1.06. The van der Waals surface area contributed by atoms with Crippen LogP contribution in [0.5, 0.6) is 0 Å². The fraction of sp³-hybridized carbons (Fsp3) is 0.450. The van der Waals surface area contributed by atoms with Crippen molar-refractivity contribution in [2.75, 3.05) is 5.32 Å². The molecule has 2 aliphatic rings. The SMILES string of the molecule is CC(C)(O)c1csc(S(N)=NC(=O)Nc2c3c(c(Cl)c4c2CCC4)CCC3)c1.O. The first kappa shape index (κ1) is 22.4. The smallest absolute Gasteiger partial charge is 0.352 e. The van der Waals surface area contributed by atoms with Crippen LogP contribution in [0.3, 0.4) is 0 Å². The molecule has 0 radical (unpaired) electrons. The van der Waals surface area contributed by atoms with Gasteiger partial charge in [0.05, 0.1) is 9.81 Å². The molecule has 1 atom stereocenters. The van der Waals surface area contributed by atoms with E-state index in [1.54, 1.807) is 13.8 Å². The summed E-state index contributed by atoms with van der Waals surface area (Å²) < 4.78 is 4.94. The van der Waals surface area contributed by atoms with Gasteiger partial charge >= 0.3 is 6.03 Å². The summed E-state index contributed by atoms with van der Waals surface area (Å²) in [4.78, 5) is 12.7. The third-order valence-electron chi connectivity index (χ3n) is 5.47. The second-order valence-corrected chi connectivity index (χ2v) is 10.7. The zero-order chi connectivity index (χ0) is 20.1. The van der Waals surface area contributed by atoms with Gasteiger partial charge in [0.15, 0.2) is 0 Å². The molecular formula is C20H26ClN3O3S2. The Morgan fingerprint density at radius 2 is 1.76 bits per heavy atom. The minimum Gasteiger partial charge on any atom is -0.412 e. The number of anilines is 1. The maximum Gasteiger partial charge on any atom is 0.352 e. The standard InChI is InChI=1S/C20H24ClN3O2S2.H2O/c1-20(2,26)11-9-16(27-10-11)28(22)24-19(25)23-18-14-7-3-5-12(14)17(21)13-6-4-8-15(13)18;/h9-10,26H,3-8H2,1-2H3,(H3,22,23,24,25);1H2. The lowest BCUT2D eigenvalue weighted by molar-refractivity contribution is 0.0789. The Balaban J connectivity index is 0.00000240. The first-order valence-corrected chi connectivity index (χ1v) is 11.9. The molecule has 158 valence electrons. The molecule has 2 aromatic rings. The van der Waals surface area contributed by atoms with Crippen molar-refractivity contribution in [1.82, 2.24) is 0 Å². The molecule has 1 aromatic heterocycles. The maximum absolute atomic E-state index is 12.7. The van der Waals surface area contributed by atoms with Crippen molar-refractivity contribution in [1.29, 1.82) is 0 Å². The molecule has 29 heavy (non-hydrogen) atoms. The topological polar surface area (TPSA) is 119 Å². The molecule has 4 rings (SSSR count). The molecule has 1 heterocycles. The number of nitrogens with one attached hydrogen (secondary N) is 1. The van der Waals surface area contributed by atoms with Crippen LogP contribution < -0.4 is 10.5 Å². The average molecular weight is 456 g/mol. The molecule has 6 N–H and O–H groups in total. The predicted molar refractivity (Wildman–Crippen MR) is 120 cm³/mol. The van der Waals surface area contributed by atoms with E-state index < -0.39 is 22.5 Å². The van der Waals surface area contributed by atoms with Crippen molar-refractivity contribution in [3.63, 3.8) is 0 Å². The lowest BCUT2D eigenvalue weighted by Gasteiger charge is -2.17. The maximum atomic E-state index is 12.7. The fourth-order valence-corrected chi connectivity index (χ4v) is 6.47. The Morgan fingerprint density at radius 3 is 2.28 bits per heavy atom. The molecular weight excluding hydrogens is 430 g/mol. The number of amides is 2. The van der Waals surface area contributed by atoms with E-state index in [9.17, 15) is 9.90 Å². The van der Waals surface area contributed by atoms with Crippen LogP contribution in [0.2, 0.25) is 5.02 Å². The number of thiophene rings is 1. The van der Waals surface area contributed by atoms with Gasteiger partial charge in [-0.2, -0.15) is 4.36 Å². The Labute approximate surface area is 182 Å². The Morgan fingerprint density at radius 1 is 1.21 bits per heavy atom. The number of benzene rings is 1. The molecule has 2 amide bonds. The van der Waals surface area contributed by atoms with Gasteiger partial charge in [-0.05, 0) is 91.6 Å². The number of rotatable bonds is 3. The van der Waals surface area contributed by atoms with E-state index in [0.717, 1.165) is 59.0 Å². The Kier molecular flexibility index (Phi) is 6.53. The van der Waals surface area contributed by atoms with Gasteiger partial charge in [0.25, 0.3) is 0 Å². The van der Waals surface area contributed by atoms with Crippen molar-refractivity contribution in [3.05, 3.63) is 44.3 Å². The number of halogens is 1. The molecule has 2 aliphatic carbocycles. The minimum atomic E-state index is -1.06. The van der Waals surface area contributed by atoms with Crippen LogP contribution in [0.15, 0.2) is 20.0 Å². The van der Waals surface area contributed by atoms with Crippen LogP contribution in [-0.2, 0) is 42.2 Å². The molecule has 1 aromatic carbocycles. The van der Waals surface area contributed by atoms with Crippen LogP contribution in [0, 0.1) is 0 Å². The van der Waals surface area contributed by atoms with Gasteiger partial charge in [-0.3, -0.25) is 5.14 Å². The Bertz CT molecular complexity index is 961. The van der Waals surface area contributed by atoms with Gasteiger partial charge in [-0.1, -0.05) is 11.6 Å². The van der Waals surface area contributed by atoms with Gasteiger partial charge in [-0.25, -0.2) is 4.79 Å². The molecule has 0 fully saturated rings. The number of fused-ring (bicyclic) bond motifs is 2. The number of urea groups is 1. The van der Waals surface area contributed by atoms with E-state index >= 15 is 0 Å². The Hall–Kier alpha value is -1.29.